The molecule has 0 saturated heterocycles. The molecule has 6 nitrogen and oxygen atoms in total. The van der Waals surface area contributed by atoms with Crippen LogP contribution in [0.1, 0.15) is 10.4 Å². The van der Waals surface area contributed by atoms with Crippen molar-refractivity contribution < 1.29 is 19.5 Å². The summed E-state index contributed by atoms with van der Waals surface area (Å²) in [6.45, 7) is 0. The summed E-state index contributed by atoms with van der Waals surface area (Å²) >= 11 is 0. The predicted molar refractivity (Wildman–Crippen MR) is 66.5 cm³/mol. The summed E-state index contributed by atoms with van der Waals surface area (Å²) in [5, 5.41) is 10.0. The van der Waals surface area contributed by atoms with E-state index in [9.17, 15) is 14.4 Å². The molecule has 2 aromatic carbocycles. The van der Waals surface area contributed by atoms with Gasteiger partial charge in [0.25, 0.3) is 0 Å². The van der Waals surface area contributed by atoms with Crippen LogP contribution in [0.3, 0.4) is 0 Å². The number of isocyanates is 2. The highest BCUT2D eigenvalue weighted by molar-refractivity contribution is 6.01. The third kappa shape index (κ3) is 2.45. The Hall–Kier alpha value is -3.07. The number of carboxylic acid groups (broad SMARTS) is 1. The van der Waals surface area contributed by atoms with Gasteiger partial charge in [0.2, 0.25) is 12.2 Å². The summed E-state index contributed by atoms with van der Waals surface area (Å²) < 4.78 is 0. The Morgan fingerprint density at radius 3 is 2.42 bits per heavy atom. The van der Waals surface area contributed by atoms with Gasteiger partial charge in [-0.15, -0.1) is 0 Å². The third-order valence-corrected chi connectivity index (χ3v) is 2.50. The fourth-order valence-corrected chi connectivity index (χ4v) is 1.71. The highest BCUT2D eigenvalue weighted by atomic mass is 16.4. The Morgan fingerprint density at radius 2 is 1.79 bits per heavy atom. The molecule has 0 atom stereocenters. The van der Waals surface area contributed by atoms with Crippen LogP contribution >= 0.6 is 0 Å². The lowest BCUT2D eigenvalue weighted by Crippen LogP contribution is -1.95. The quantitative estimate of drug-likeness (QED) is 0.672. The van der Waals surface area contributed by atoms with Gasteiger partial charge >= 0.3 is 5.97 Å². The maximum atomic E-state index is 11.0. The van der Waals surface area contributed by atoms with E-state index >= 15 is 0 Å². The first-order chi connectivity index (χ1) is 9.15. The van der Waals surface area contributed by atoms with Gasteiger partial charge in [0.1, 0.15) is 0 Å². The standard InChI is InChI=1S/C13H6N2O4/c16-6-14-10-2-1-8-3-9(13(18)19)4-12(15-7-17)11(8)5-10/h1-5H,(H,18,19). The van der Waals surface area contributed by atoms with Crippen molar-refractivity contribution in [2.24, 2.45) is 9.98 Å². The molecule has 6 heteroatoms. The van der Waals surface area contributed by atoms with E-state index in [1.54, 1.807) is 6.07 Å². The number of rotatable bonds is 3. The zero-order chi connectivity index (χ0) is 13.8. The molecule has 0 aliphatic carbocycles. The van der Waals surface area contributed by atoms with Crippen LogP contribution in [0.2, 0.25) is 0 Å². The zero-order valence-electron chi connectivity index (χ0n) is 9.45. The lowest BCUT2D eigenvalue weighted by molar-refractivity contribution is 0.0697. The second kappa shape index (κ2) is 5.06. The van der Waals surface area contributed by atoms with Crippen LogP contribution in [0.4, 0.5) is 11.4 Å². The molecule has 0 spiro atoms. The van der Waals surface area contributed by atoms with Gasteiger partial charge in [-0.25, -0.2) is 14.4 Å². The highest BCUT2D eigenvalue weighted by Crippen LogP contribution is 2.31. The van der Waals surface area contributed by atoms with Gasteiger partial charge in [-0.3, -0.25) is 0 Å². The molecule has 2 aromatic rings. The summed E-state index contributed by atoms with van der Waals surface area (Å²) in [4.78, 5) is 38.5. The summed E-state index contributed by atoms with van der Waals surface area (Å²) in [5.74, 6) is -1.13. The van der Waals surface area contributed by atoms with Crippen molar-refractivity contribution in [1.29, 1.82) is 0 Å². The first-order valence-electron chi connectivity index (χ1n) is 5.12. The van der Waals surface area contributed by atoms with E-state index in [0.29, 0.717) is 16.5 Å². The Balaban J connectivity index is 2.82. The van der Waals surface area contributed by atoms with Crippen LogP contribution < -0.4 is 0 Å². The molecule has 92 valence electrons. The van der Waals surface area contributed by atoms with E-state index < -0.39 is 5.97 Å². The van der Waals surface area contributed by atoms with E-state index in [-0.39, 0.29) is 11.3 Å². The first kappa shape index (κ1) is 12.4. The Bertz CT molecular complexity index is 770. The smallest absolute Gasteiger partial charge is 0.335 e. The molecular formula is C13H6N2O4. The normalized spacial score (nSPS) is 9.47. The van der Waals surface area contributed by atoms with Crippen LogP contribution in [0.15, 0.2) is 40.3 Å². The highest BCUT2D eigenvalue weighted by Gasteiger charge is 2.09. The van der Waals surface area contributed by atoms with Gasteiger partial charge in [0.15, 0.2) is 0 Å². The monoisotopic (exact) mass is 254 g/mol. The molecule has 0 saturated carbocycles. The number of carbonyl (C=O) groups is 1. The molecule has 0 unspecified atom stereocenters. The van der Waals surface area contributed by atoms with Crippen LogP contribution in [0, 0.1) is 0 Å². The summed E-state index contributed by atoms with van der Waals surface area (Å²) in [6.07, 6.45) is 2.77. The fourth-order valence-electron chi connectivity index (χ4n) is 1.71. The lowest BCUT2D eigenvalue weighted by atomic mass is 10.0. The Labute approximate surface area is 106 Å². The van der Waals surface area contributed by atoms with E-state index in [2.05, 4.69) is 9.98 Å². The van der Waals surface area contributed by atoms with Crippen molar-refractivity contribution in [3.63, 3.8) is 0 Å². The van der Waals surface area contributed by atoms with Crippen LogP contribution in [-0.4, -0.2) is 23.2 Å². The molecule has 19 heavy (non-hydrogen) atoms. The average molecular weight is 254 g/mol. The van der Waals surface area contributed by atoms with Crippen LogP contribution in [0.25, 0.3) is 10.8 Å². The van der Waals surface area contributed by atoms with Crippen molar-refractivity contribution in [2.75, 3.05) is 0 Å². The third-order valence-electron chi connectivity index (χ3n) is 2.50. The number of aromatic carboxylic acids is 1. The molecule has 0 aliphatic heterocycles. The number of hydrogen-bond donors (Lipinski definition) is 1. The number of hydrogen-bond acceptors (Lipinski definition) is 5. The van der Waals surface area contributed by atoms with E-state index in [1.807, 2.05) is 0 Å². The van der Waals surface area contributed by atoms with Gasteiger partial charge < -0.3 is 5.11 Å². The minimum Gasteiger partial charge on any atom is -0.478 e. The molecule has 1 N–H and O–H groups in total. The van der Waals surface area contributed by atoms with Crippen molar-refractivity contribution in [3.05, 3.63) is 35.9 Å². The summed E-state index contributed by atoms with van der Waals surface area (Å²) in [6, 6.07) is 7.33. The SMILES string of the molecule is O=C=Nc1ccc2cc(C(=O)O)cc(N=C=O)c2c1. The van der Waals surface area contributed by atoms with E-state index in [1.165, 1.54) is 36.4 Å². The number of fused-ring (bicyclic) bond motifs is 1. The molecular weight excluding hydrogens is 248 g/mol. The molecule has 0 bridgehead atoms. The maximum Gasteiger partial charge on any atom is 0.335 e. The summed E-state index contributed by atoms with van der Waals surface area (Å²) in [7, 11) is 0. The largest absolute Gasteiger partial charge is 0.478 e. The van der Waals surface area contributed by atoms with Gasteiger partial charge in [-0.05, 0) is 29.7 Å². The number of benzene rings is 2. The fraction of sp³-hybridized carbons (Fsp3) is 0. The van der Waals surface area contributed by atoms with Crippen molar-refractivity contribution in [1.82, 2.24) is 0 Å². The number of nitrogens with zero attached hydrogens (tertiary/aromatic N) is 2. The minimum absolute atomic E-state index is 0.00754. The topological polar surface area (TPSA) is 96.2 Å². The van der Waals surface area contributed by atoms with E-state index in [0.717, 1.165) is 0 Å². The molecule has 2 rings (SSSR count). The van der Waals surface area contributed by atoms with Crippen molar-refractivity contribution in [2.45, 2.75) is 0 Å². The number of carboxylic acids is 1. The second-order valence-electron chi connectivity index (χ2n) is 3.61. The Kier molecular flexibility index (Phi) is 3.30. The van der Waals surface area contributed by atoms with Crippen LogP contribution in [0.5, 0.6) is 0 Å². The molecule has 0 amide bonds. The van der Waals surface area contributed by atoms with E-state index in [4.69, 9.17) is 5.11 Å². The minimum atomic E-state index is -1.13. The van der Waals surface area contributed by atoms with Gasteiger partial charge in [0.05, 0.1) is 16.9 Å². The number of carbonyl (C=O) groups excluding carboxylic acids is 2. The number of aliphatic imine (C=N–C) groups is 2. The molecule has 0 heterocycles. The summed E-state index contributed by atoms with van der Waals surface area (Å²) in [5.41, 5.74) is 0.508. The molecule has 0 fully saturated rings. The lowest BCUT2D eigenvalue weighted by Gasteiger charge is -2.04. The Morgan fingerprint density at radius 1 is 1.05 bits per heavy atom. The average Bonchev–Trinajstić information content (AvgIpc) is 2.39. The van der Waals surface area contributed by atoms with Crippen LogP contribution in [-0.2, 0) is 9.59 Å². The van der Waals surface area contributed by atoms with Crippen molar-refractivity contribution >= 4 is 40.3 Å². The van der Waals surface area contributed by atoms with Gasteiger partial charge in [-0.2, -0.15) is 9.98 Å². The van der Waals surface area contributed by atoms with Gasteiger partial charge in [0, 0.05) is 5.39 Å². The zero-order valence-corrected chi connectivity index (χ0v) is 9.45. The maximum absolute atomic E-state index is 11.0. The van der Waals surface area contributed by atoms with Gasteiger partial charge in [-0.1, -0.05) is 6.07 Å². The first-order valence-corrected chi connectivity index (χ1v) is 5.12. The second-order valence-corrected chi connectivity index (χ2v) is 3.61. The predicted octanol–water partition coefficient (Wildman–Crippen LogP) is 2.47. The molecule has 0 aromatic heterocycles. The van der Waals surface area contributed by atoms with Crippen molar-refractivity contribution in [3.8, 4) is 0 Å². The molecule has 0 radical (unpaired) electrons. The molecule has 0 aliphatic rings.